The number of fused-ring (bicyclic) bond motifs is 5. The van der Waals surface area contributed by atoms with Crippen molar-refractivity contribution in [3.05, 3.63) is 83.4 Å². The molecule has 3 aliphatic rings. The van der Waals surface area contributed by atoms with Crippen molar-refractivity contribution in [3.63, 3.8) is 0 Å². The van der Waals surface area contributed by atoms with E-state index in [2.05, 4.69) is 52.1 Å². The predicted octanol–water partition coefficient (Wildman–Crippen LogP) is 8.00. The van der Waals surface area contributed by atoms with Gasteiger partial charge in [0, 0.05) is 65.2 Å². The van der Waals surface area contributed by atoms with E-state index in [0.717, 1.165) is 61.9 Å². The molecule has 53 heavy (non-hydrogen) atoms. The van der Waals surface area contributed by atoms with Crippen molar-refractivity contribution in [2.24, 2.45) is 0 Å². The minimum Gasteiger partial charge on any atom is -0.497 e. The van der Waals surface area contributed by atoms with E-state index < -0.39 is 11.5 Å². The fraction of sp³-hybridized carbons (Fsp3) is 0.419. The highest BCUT2D eigenvalue weighted by atomic mass is 16.5. The minimum atomic E-state index is -1.03. The maximum Gasteiger partial charge on any atom is 0.328 e. The summed E-state index contributed by atoms with van der Waals surface area (Å²) in [5, 5.41) is 16.2. The van der Waals surface area contributed by atoms with Crippen LogP contribution in [0, 0.1) is 0 Å². The van der Waals surface area contributed by atoms with E-state index in [9.17, 15) is 14.4 Å². The second kappa shape index (κ2) is 15.5. The van der Waals surface area contributed by atoms with Crippen LogP contribution >= 0.6 is 0 Å². The van der Waals surface area contributed by atoms with Crippen LogP contribution in [0.1, 0.15) is 92.6 Å². The average molecular weight is 719 g/mol. The summed E-state index contributed by atoms with van der Waals surface area (Å²) in [6, 6.07) is 19.4. The lowest BCUT2D eigenvalue weighted by molar-refractivity contribution is -0.131. The molecule has 0 spiro atoms. The first-order valence-corrected chi connectivity index (χ1v) is 19.0. The van der Waals surface area contributed by atoms with Gasteiger partial charge in [0.05, 0.1) is 25.5 Å². The summed E-state index contributed by atoms with van der Waals surface area (Å²) < 4.78 is 14.1. The third-order valence-electron chi connectivity index (χ3n) is 11.2. The largest absolute Gasteiger partial charge is 0.497 e. The van der Waals surface area contributed by atoms with Crippen LogP contribution in [-0.4, -0.2) is 65.9 Å². The number of benzene rings is 3. The van der Waals surface area contributed by atoms with Gasteiger partial charge in [0.25, 0.3) is 5.91 Å². The Morgan fingerprint density at radius 3 is 2.42 bits per heavy atom. The van der Waals surface area contributed by atoms with Crippen LogP contribution in [0.5, 0.6) is 5.75 Å². The number of rotatable bonds is 12. The molecule has 2 amide bonds. The number of hydrogen-bond donors (Lipinski definition) is 3. The van der Waals surface area contributed by atoms with Crippen molar-refractivity contribution in [1.29, 1.82) is 0 Å². The third kappa shape index (κ3) is 7.55. The van der Waals surface area contributed by atoms with Crippen LogP contribution < -0.4 is 20.3 Å². The number of amides is 2. The molecule has 0 radical (unpaired) electrons. The summed E-state index contributed by atoms with van der Waals surface area (Å²) in [6.45, 7) is 7.02. The zero-order valence-corrected chi connectivity index (χ0v) is 31.0. The van der Waals surface area contributed by atoms with Crippen molar-refractivity contribution in [2.45, 2.75) is 89.3 Å². The normalized spacial score (nSPS) is 16.9. The van der Waals surface area contributed by atoms with Crippen molar-refractivity contribution in [3.8, 4) is 17.0 Å². The predicted molar refractivity (Wildman–Crippen MR) is 209 cm³/mol. The van der Waals surface area contributed by atoms with Gasteiger partial charge < -0.3 is 34.7 Å². The molecule has 2 saturated carbocycles. The van der Waals surface area contributed by atoms with Gasteiger partial charge in [-0.3, -0.25) is 9.59 Å². The third-order valence-corrected chi connectivity index (χ3v) is 11.2. The first-order chi connectivity index (χ1) is 25.7. The Morgan fingerprint density at radius 2 is 1.74 bits per heavy atom. The van der Waals surface area contributed by atoms with Gasteiger partial charge in [0.2, 0.25) is 5.91 Å². The number of nitrogens with one attached hydrogen (secondary N) is 2. The van der Waals surface area contributed by atoms with Crippen molar-refractivity contribution < 1.29 is 29.0 Å². The molecular weight excluding hydrogens is 668 g/mol. The zero-order chi connectivity index (χ0) is 37.1. The summed E-state index contributed by atoms with van der Waals surface area (Å²) in [5.74, 6) is -0.298. The molecule has 2 fully saturated rings. The van der Waals surface area contributed by atoms with Crippen molar-refractivity contribution >= 4 is 46.1 Å². The van der Waals surface area contributed by atoms with Gasteiger partial charge in [-0.1, -0.05) is 37.5 Å². The molecule has 2 heterocycles. The van der Waals surface area contributed by atoms with Gasteiger partial charge in [0.1, 0.15) is 11.3 Å². The summed E-state index contributed by atoms with van der Waals surface area (Å²) in [5.41, 5.74) is 6.77. The maximum absolute atomic E-state index is 14.1. The molecule has 1 aliphatic heterocycles. The topological polar surface area (TPSA) is 122 Å². The van der Waals surface area contributed by atoms with E-state index in [-0.39, 0.29) is 17.9 Å². The average Bonchev–Trinajstić information content (AvgIpc) is 3.38. The molecule has 0 unspecified atom stereocenters. The Balaban J connectivity index is 1.21. The standard InChI is InChI=1S/C43H50N4O6/c1-28(2)53-25-24-46-22-23-47-37-26-31(41(50)45-43(20-7-21-43)42(51)44-32-14-10-29(11-15-32)12-19-38(48)49)13-17-34(37)39(30-8-5-4-6-9-30)40(47)35-18-16-33(52-3)27-36(35)46/h10-19,26-28,30H,4-9,20-25H2,1-3H3,(H,44,51)(H,45,50)(H,48,49)/b19-12+. The number of carbonyl (C=O) groups excluding carboxylic acids is 2. The molecule has 7 rings (SSSR count). The molecule has 0 bridgehead atoms. The van der Waals surface area contributed by atoms with E-state index in [1.54, 1.807) is 31.4 Å². The Kier molecular flexibility index (Phi) is 10.6. The molecule has 2 aliphatic carbocycles. The number of aliphatic carboxylic acids is 1. The van der Waals surface area contributed by atoms with Crippen LogP contribution in [0.3, 0.4) is 0 Å². The van der Waals surface area contributed by atoms with Crippen LogP contribution in [0.25, 0.3) is 28.2 Å². The molecule has 3 aromatic carbocycles. The Bertz CT molecular complexity index is 2020. The number of carbonyl (C=O) groups is 3. The quantitative estimate of drug-likeness (QED) is 0.127. The Hall–Kier alpha value is -5.09. The van der Waals surface area contributed by atoms with Gasteiger partial charge in [0.15, 0.2) is 0 Å². The number of carboxylic acids is 1. The molecule has 3 N–H and O–H groups in total. The molecule has 0 saturated heterocycles. The van der Waals surface area contributed by atoms with E-state index in [4.69, 9.17) is 14.6 Å². The number of anilines is 2. The van der Waals surface area contributed by atoms with Gasteiger partial charge in [-0.05, 0) is 105 Å². The molecule has 0 atom stereocenters. The molecule has 10 nitrogen and oxygen atoms in total. The molecule has 278 valence electrons. The number of aromatic nitrogens is 1. The molecular formula is C43H50N4O6. The fourth-order valence-corrected chi connectivity index (χ4v) is 8.24. The number of ether oxygens (including phenoxy) is 2. The molecule has 10 heteroatoms. The van der Waals surface area contributed by atoms with Gasteiger partial charge in [-0.25, -0.2) is 4.79 Å². The van der Waals surface area contributed by atoms with E-state index in [1.165, 1.54) is 47.5 Å². The maximum atomic E-state index is 14.1. The number of nitrogens with zero attached hydrogens (tertiary/aromatic N) is 2. The molecule has 4 aromatic rings. The van der Waals surface area contributed by atoms with Crippen LogP contribution in [-0.2, 0) is 20.9 Å². The van der Waals surface area contributed by atoms with Gasteiger partial charge in [-0.2, -0.15) is 0 Å². The first-order valence-electron chi connectivity index (χ1n) is 19.0. The van der Waals surface area contributed by atoms with Crippen molar-refractivity contribution in [1.82, 2.24) is 9.88 Å². The highest BCUT2D eigenvalue weighted by molar-refractivity contribution is 6.06. The lowest BCUT2D eigenvalue weighted by Crippen LogP contribution is -2.61. The summed E-state index contributed by atoms with van der Waals surface area (Å²) in [6.07, 6.45) is 10.6. The van der Waals surface area contributed by atoms with E-state index in [1.807, 2.05) is 18.2 Å². The van der Waals surface area contributed by atoms with Gasteiger partial charge >= 0.3 is 5.97 Å². The van der Waals surface area contributed by atoms with Crippen LogP contribution in [0.2, 0.25) is 0 Å². The lowest BCUT2D eigenvalue weighted by atomic mass is 9.75. The van der Waals surface area contributed by atoms with Crippen LogP contribution in [0.4, 0.5) is 11.4 Å². The summed E-state index contributed by atoms with van der Waals surface area (Å²) >= 11 is 0. The number of carboxylic acid groups (broad SMARTS) is 1. The second-order valence-corrected chi connectivity index (χ2v) is 14.9. The van der Waals surface area contributed by atoms with Gasteiger partial charge in [-0.15, -0.1) is 0 Å². The Morgan fingerprint density at radius 1 is 0.962 bits per heavy atom. The zero-order valence-electron chi connectivity index (χ0n) is 31.0. The molecule has 1 aromatic heterocycles. The fourth-order valence-electron chi connectivity index (χ4n) is 8.24. The first kappa shape index (κ1) is 36.3. The van der Waals surface area contributed by atoms with E-state index >= 15 is 0 Å². The second-order valence-electron chi connectivity index (χ2n) is 14.9. The SMILES string of the molecule is COc1ccc2c(c1)N(CCOC(C)C)CCn1c-2c(C2CCCCC2)c2ccc(C(=O)NC3(C(=O)Nc4ccc(/C=C/C(=O)O)cc4)CCC3)cc21. The van der Waals surface area contributed by atoms with Crippen LogP contribution in [0.15, 0.2) is 66.7 Å². The lowest BCUT2D eigenvalue weighted by Gasteiger charge is -2.40. The Labute approximate surface area is 311 Å². The monoisotopic (exact) mass is 718 g/mol. The highest BCUT2D eigenvalue weighted by Gasteiger charge is 2.45. The van der Waals surface area contributed by atoms with E-state index in [0.29, 0.717) is 42.2 Å². The summed E-state index contributed by atoms with van der Waals surface area (Å²) in [7, 11) is 1.71. The smallest absolute Gasteiger partial charge is 0.328 e. The number of methoxy groups -OCH3 is 1. The van der Waals surface area contributed by atoms with Crippen molar-refractivity contribution in [2.75, 3.05) is 37.0 Å². The number of hydrogen-bond acceptors (Lipinski definition) is 6. The highest BCUT2D eigenvalue weighted by Crippen LogP contribution is 2.48. The minimum absolute atomic E-state index is 0.151. The summed E-state index contributed by atoms with van der Waals surface area (Å²) in [4.78, 5) is 41.0.